The summed E-state index contributed by atoms with van der Waals surface area (Å²) in [5.74, 6) is 0.0741. The molecule has 0 saturated carbocycles. The fraction of sp³-hybridized carbons (Fsp3) is 0.444. The monoisotopic (exact) mass is 164 g/mol. The average Bonchev–Trinajstić information content (AvgIpc) is 2.06. The predicted molar refractivity (Wildman–Crippen MR) is 46.0 cm³/mol. The van der Waals surface area contributed by atoms with E-state index in [0.717, 1.165) is 12.1 Å². The number of aromatic nitrogens is 2. The highest BCUT2D eigenvalue weighted by Crippen LogP contribution is 2.00. The first-order valence-corrected chi connectivity index (χ1v) is 4.06. The molecule has 0 atom stereocenters. The fourth-order valence-corrected chi connectivity index (χ4v) is 0.892. The van der Waals surface area contributed by atoms with Crippen molar-refractivity contribution in [3.05, 3.63) is 23.8 Å². The zero-order valence-corrected chi connectivity index (χ0v) is 7.37. The van der Waals surface area contributed by atoms with Gasteiger partial charge in [0.25, 0.3) is 0 Å². The molecule has 0 fully saturated rings. The highest BCUT2D eigenvalue weighted by molar-refractivity contribution is 5.93. The highest BCUT2D eigenvalue weighted by atomic mass is 16.1. The van der Waals surface area contributed by atoms with Gasteiger partial charge in [0, 0.05) is 12.6 Å². The van der Waals surface area contributed by atoms with Crippen molar-refractivity contribution in [3.8, 4) is 0 Å². The van der Waals surface area contributed by atoms with Gasteiger partial charge < -0.3 is 0 Å². The third-order valence-corrected chi connectivity index (χ3v) is 1.54. The number of Topliss-reactive ketones (excluding diaryl/α,β-unsaturated/α-hetero) is 1. The van der Waals surface area contributed by atoms with Crippen LogP contribution in [0, 0.1) is 6.92 Å². The van der Waals surface area contributed by atoms with Gasteiger partial charge in [0.2, 0.25) is 0 Å². The van der Waals surface area contributed by atoms with Crippen molar-refractivity contribution >= 4 is 5.78 Å². The first-order valence-electron chi connectivity index (χ1n) is 4.06. The molecule has 0 amide bonds. The first kappa shape index (κ1) is 8.84. The summed E-state index contributed by atoms with van der Waals surface area (Å²) in [4.78, 5) is 19.2. The van der Waals surface area contributed by atoms with E-state index in [2.05, 4.69) is 9.97 Å². The van der Waals surface area contributed by atoms with Crippen molar-refractivity contribution in [2.24, 2.45) is 0 Å². The number of nitrogens with zero attached hydrogens (tertiary/aromatic N) is 2. The van der Waals surface area contributed by atoms with E-state index in [0.29, 0.717) is 12.1 Å². The van der Waals surface area contributed by atoms with Gasteiger partial charge in [-0.1, -0.05) is 6.92 Å². The van der Waals surface area contributed by atoms with Crippen molar-refractivity contribution in [1.29, 1.82) is 0 Å². The molecule has 0 aromatic carbocycles. The van der Waals surface area contributed by atoms with Gasteiger partial charge in [-0.15, -0.1) is 0 Å². The molecule has 0 N–H and O–H groups in total. The maximum absolute atomic E-state index is 11.3. The second-order valence-corrected chi connectivity index (χ2v) is 2.72. The number of hydrogen-bond donors (Lipinski definition) is 0. The summed E-state index contributed by atoms with van der Waals surface area (Å²) in [6.45, 7) is 3.82. The first-order chi connectivity index (χ1) is 5.74. The lowest BCUT2D eigenvalue weighted by atomic mass is 10.2. The van der Waals surface area contributed by atoms with Crippen LogP contribution in [0.25, 0.3) is 0 Å². The summed E-state index contributed by atoms with van der Waals surface area (Å²) in [6, 6.07) is 0. The van der Waals surface area contributed by atoms with E-state index in [4.69, 9.17) is 0 Å². The molecule has 0 aliphatic carbocycles. The van der Waals surface area contributed by atoms with Gasteiger partial charge in [-0.05, 0) is 13.3 Å². The molecule has 1 aromatic heterocycles. The van der Waals surface area contributed by atoms with Gasteiger partial charge in [-0.25, -0.2) is 4.98 Å². The minimum atomic E-state index is 0.0741. The summed E-state index contributed by atoms with van der Waals surface area (Å²) < 4.78 is 0. The Kier molecular flexibility index (Phi) is 2.91. The third-order valence-electron chi connectivity index (χ3n) is 1.54. The molecule has 0 saturated heterocycles. The Bertz CT molecular complexity index is 266. The summed E-state index contributed by atoms with van der Waals surface area (Å²) in [5, 5.41) is 0. The summed E-state index contributed by atoms with van der Waals surface area (Å²) >= 11 is 0. The van der Waals surface area contributed by atoms with Crippen LogP contribution in [0.4, 0.5) is 0 Å². The molecule has 3 nitrogen and oxygen atoms in total. The Balaban J connectivity index is 2.75. The average molecular weight is 164 g/mol. The molecule has 3 heteroatoms. The van der Waals surface area contributed by atoms with Crippen LogP contribution in [0.15, 0.2) is 12.4 Å². The number of carbonyl (C=O) groups is 1. The van der Waals surface area contributed by atoms with Gasteiger partial charge in [0.05, 0.1) is 11.9 Å². The van der Waals surface area contributed by atoms with E-state index in [1.165, 1.54) is 6.20 Å². The second kappa shape index (κ2) is 3.95. The molecule has 64 valence electrons. The molecule has 0 radical (unpaired) electrons. The second-order valence-electron chi connectivity index (χ2n) is 2.72. The summed E-state index contributed by atoms with van der Waals surface area (Å²) in [6.07, 6.45) is 4.56. The minimum Gasteiger partial charge on any atom is -0.292 e. The summed E-state index contributed by atoms with van der Waals surface area (Å²) in [5.41, 5.74) is 1.31. The molecular formula is C9H12N2O. The van der Waals surface area contributed by atoms with E-state index in [1.807, 2.05) is 13.8 Å². The van der Waals surface area contributed by atoms with Crippen LogP contribution in [0.1, 0.15) is 35.9 Å². The molecular weight excluding hydrogens is 152 g/mol. The molecule has 0 spiro atoms. The smallest absolute Gasteiger partial charge is 0.182 e. The van der Waals surface area contributed by atoms with E-state index in [-0.39, 0.29) is 5.78 Å². The number of hydrogen-bond acceptors (Lipinski definition) is 3. The van der Waals surface area contributed by atoms with E-state index >= 15 is 0 Å². The number of carbonyl (C=O) groups excluding carboxylic acids is 1. The minimum absolute atomic E-state index is 0.0741. The van der Waals surface area contributed by atoms with Crippen molar-refractivity contribution in [2.75, 3.05) is 0 Å². The Morgan fingerprint density at radius 2 is 2.17 bits per heavy atom. The Hall–Kier alpha value is -1.25. The van der Waals surface area contributed by atoms with Crippen LogP contribution in [0.3, 0.4) is 0 Å². The lowest BCUT2D eigenvalue weighted by Crippen LogP contribution is -2.02. The number of rotatable bonds is 3. The molecule has 1 aromatic rings. The quantitative estimate of drug-likeness (QED) is 0.639. The van der Waals surface area contributed by atoms with Crippen LogP contribution in [-0.2, 0) is 0 Å². The maximum Gasteiger partial charge on any atom is 0.182 e. The molecule has 1 heterocycles. The molecule has 0 bridgehead atoms. The third kappa shape index (κ3) is 2.12. The van der Waals surface area contributed by atoms with Gasteiger partial charge in [0.1, 0.15) is 5.69 Å². The highest BCUT2D eigenvalue weighted by Gasteiger charge is 2.04. The topological polar surface area (TPSA) is 42.9 Å². The number of aryl methyl sites for hydroxylation is 1. The van der Waals surface area contributed by atoms with Crippen molar-refractivity contribution in [3.63, 3.8) is 0 Å². The standard InChI is InChI=1S/C9H12N2O/c1-3-4-9(12)8-6-10-7(2)5-11-8/h5-6H,3-4H2,1-2H3. The zero-order valence-electron chi connectivity index (χ0n) is 7.37. The van der Waals surface area contributed by atoms with Crippen LogP contribution < -0.4 is 0 Å². The van der Waals surface area contributed by atoms with Gasteiger partial charge >= 0.3 is 0 Å². The van der Waals surface area contributed by atoms with Gasteiger partial charge in [-0.3, -0.25) is 9.78 Å². The lowest BCUT2D eigenvalue weighted by Gasteiger charge is -1.96. The van der Waals surface area contributed by atoms with Crippen molar-refractivity contribution in [2.45, 2.75) is 26.7 Å². The van der Waals surface area contributed by atoms with Crippen LogP contribution in [-0.4, -0.2) is 15.8 Å². The largest absolute Gasteiger partial charge is 0.292 e. The molecule has 0 aliphatic heterocycles. The normalized spacial score (nSPS) is 9.83. The van der Waals surface area contributed by atoms with E-state index < -0.39 is 0 Å². The SMILES string of the molecule is CCCC(=O)c1cnc(C)cn1. The van der Waals surface area contributed by atoms with E-state index in [9.17, 15) is 4.79 Å². The Morgan fingerprint density at radius 1 is 1.42 bits per heavy atom. The molecule has 12 heavy (non-hydrogen) atoms. The fourth-order valence-electron chi connectivity index (χ4n) is 0.892. The zero-order chi connectivity index (χ0) is 8.97. The van der Waals surface area contributed by atoms with Gasteiger partial charge in [0.15, 0.2) is 5.78 Å². The number of ketones is 1. The lowest BCUT2D eigenvalue weighted by molar-refractivity contribution is 0.0976. The Labute approximate surface area is 71.9 Å². The molecule has 0 unspecified atom stereocenters. The maximum atomic E-state index is 11.3. The van der Waals surface area contributed by atoms with Crippen LogP contribution in [0.5, 0.6) is 0 Å². The van der Waals surface area contributed by atoms with E-state index in [1.54, 1.807) is 6.20 Å². The summed E-state index contributed by atoms with van der Waals surface area (Å²) in [7, 11) is 0. The van der Waals surface area contributed by atoms with Crippen LogP contribution >= 0.6 is 0 Å². The van der Waals surface area contributed by atoms with Crippen molar-refractivity contribution in [1.82, 2.24) is 9.97 Å². The van der Waals surface area contributed by atoms with Crippen LogP contribution in [0.2, 0.25) is 0 Å². The molecule has 0 aliphatic rings. The Morgan fingerprint density at radius 3 is 2.67 bits per heavy atom. The van der Waals surface area contributed by atoms with Gasteiger partial charge in [-0.2, -0.15) is 0 Å². The predicted octanol–water partition coefficient (Wildman–Crippen LogP) is 1.77. The van der Waals surface area contributed by atoms with Crippen molar-refractivity contribution < 1.29 is 4.79 Å². The molecule has 1 rings (SSSR count).